The number of nitrogens with zero attached hydrogens (tertiary/aromatic N) is 2. The van der Waals surface area contributed by atoms with Crippen LogP contribution in [0.4, 0.5) is 0 Å². The zero-order valence-electron chi connectivity index (χ0n) is 11.8. The number of rotatable bonds is 7. The maximum Gasteiger partial charge on any atom is 0.227 e. The summed E-state index contributed by atoms with van der Waals surface area (Å²) in [5, 5.41) is 6.61. The van der Waals surface area contributed by atoms with Crippen molar-refractivity contribution in [3.05, 3.63) is 42.8 Å². The van der Waals surface area contributed by atoms with Crippen LogP contribution in [-0.2, 0) is 11.2 Å². The Morgan fingerprint density at radius 2 is 2.38 bits per heavy atom. The van der Waals surface area contributed by atoms with Crippen LogP contribution in [-0.4, -0.2) is 29.7 Å². The maximum absolute atomic E-state index is 11.5. The molecule has 6 heteroatoms. The average Bonchev–Trinajstić information content (AvgIpc) is 3.00. The van der Waals surface area contributed by atoms with Gasteiger partial charge in [0.15, 0.2) is 0 Å². The van der Waals surface area contributed by atoms with E-state index in [1.165, 1.54) is 0 Å². The number of amides is 1. The predicted octanol–water partition coefficient (Wildman–Crippen LogP) is 1.98. The van der Waals surface area contributed by atoms with Gasteiger partial charge in [0.05, 0.1) is 7.11 Å². The molecular formula is C15H17N3O3. The number of aryl methyl sites for hydroxylation is 1. The third kappa shape index (κ3) is 4.17. The zero-order chi connectivity index (χ0) is 15.1. The van der Waals surface area contributed by atoms with Crippen LogP contribution in [0, 0.1) is 0 Å². The van der Waals surface area contributed by atoms with Crippen LogP contribution in [0.25, 0.3) is 11.4 Å². The molecule has 0 spiro atoms. The highest BCUT2D eigenvalue weighted by atomic mass is 16.5. The van der Waals surface area contributed by atoms with Crippen molar-refractivity contribution in [1.82, 2.24) is 15.5 Å². The van der Waals surface area contributed by atoms with Crippen LogP contribution in [0.1, 0.15) is 12.3 Å². The first-order chi connectivity index (χ1) is 10.2. The first kappa shape index (κ1) is 14.8. The van der Waals surface area contributed by atoms with E-state index < -0.39 is 0 Å². The van der Waals surface area contributed by atoms with Crippen LogP contribution >= 0.6 is 0 Å². The van der Waals surface area contributed by atoms with Crippen LogP contribution in [0.5, 0.6) is 5.75 Å². The van der Waals surface area contributed by atoms with Gasteiger partial charge in [0.1, 0.15) is 5.75 Å². The largest absolute Gasteiger partial charge is 0.497 e. The first-order valence-electron chi connectivity index (χ1n) is 6.57. The maximum atomic E-state index is 11.5. The molecule has 1 amide bonds. The molecule has 0 radical (unpaired) electrons. The zero-order valence-corrected chi connectivity index (χ0v) is 11.8. The Labute approximate surface area is 122 Å². The molecule has 2 aromatic rings. The molecule has 2 rings (SSSR count). The molecule has 1 N–H and O–H groups in total. The SMILES string of the molecule is C=CCNC(=O)CCc1nc(-c2cccc(OC)c2)no1. The summed E-state index contributed by atoms with van der Waals surface area (Å²) in [5.74, 6) is 1.57. The summed E-state index contributed by atoms with van der Waals surface area (Å²) in [4.78, 5) is 15.7. The second-order valence-electron chi connectivity index (χ2n) is 4.34. The molecule has 110 valence electrons. The lowest BCUT2D eigenvalue weighted by atomic mass is 10.2. The molecule has 6 nitrogen and oxygen atoms in total. The first-order valence-corrected chi connectivity index (χ1v) is 6.57. The minimum absolute atomic E-state index is 0.0731. The van der Waals surface area contributed by atoms with Gasteiger partial charge in [-0.25, -0.2) is 0 Å². The van der Waals surface area contributed by atoms with E-state index in [4.69, 9.17) is 9.26 Å². The Bertz CT molecular complexity index is 622. The molecule has 0 aliphatic carbocycles. The van der Waals surface area contributed by atoms with E-state index >= 15 is 0 Å². The number of carbonyl (C=O) groups is 1. The lowest BCUT2D eigenvalue weighted by molar-refractivity contribution is -0.120. The van der Waals surface area contributed by atoms with E-state index in [9.17, 15) is 4.79 Å². The number of nitrogens with one attached hydrogen (secondary N) is 1. The topological polar surface area (TPSA) is 77.2 Å². The molecule has 0 saturated carbocycles. The van der Waals surface area contributed by atoms with Crippen molar-refractivity contribution in [2.24, 2.45) is 0 Å². The highest BCUT2D eigenvalue weighted by molar-refractivity contribution is 5.76. The highest BCUT2D eigenvalue weighted by Crippen LogP contribution is 2.21. The van der Waals surface area contributed by atoms with Crippen molar-refractivity contribution in [3.8, 4) is 17.1 Å². The van der Waals surface area contributed by atoms with Gasteiger partial charge in [0, 0.05) is 24.9 Å². The van der Waals surface area contributed by atoms with Crippen LogP contribution in [0.15, 0.2) is 41.4 Å². The van der Waals surface area contributed by atoms with E-state index in [0.717, 1.165) is 11.3 Å². The number of aromatic nitrogens is 2. The Morgan fingerprint density at radius 1 is 1.52 bits per heavy atom. The summed E-state index contributed by atoms with van der Waals surface area (Å²) < 4.78 is 10.3. The fraction of sp³-hybridized carbons (Fsp3) is 0.267. The normalized spacial score (nSPS) is 10.1. The Hall–Kier alpha value is -2.63. The molecule has 1 aromatic carbocycles. The molecule has 21 heavy (non-hydrogen) atoms. The van der Waals surface area contributed by atoms with Crippen LogP contribution in [0.3, 0.4) is 0 Å². The van der Waals surface area contributed by atoms with Gasteiger partial charge < -0.3 is 14.6 Å². The van der Waals surface area contributed by atoms with Gasteiger partial charge in [-0.2, -0.15) is 4.98 Å². The minimum Gasteiger partial charge on any atom is -0.497 e. The molecule has 0 aliphatic rings. The smallest absolute Gasteiger partial charge is 0.227 e. The summed E-state index contributed by atoms with van der Waals surface area (Å²) in [7, 11) is 1.60. The lowest BCUT2D eigenvalue weighted by Gasteiger charge is -2.00. The Kier molecular flexibility index (Phi) is 5.09. The number of hydrogen-bond donors (Lipinski definition) is 1. The molecule has 1 heterocycles. The summed E-state index contributed by atoms with van der Waals surface area (Å²) >= 11 is 0. The fourth-order valence-electron chi connectivity index (χ4n) is 1.73. The van der Waals surface area contributed by atoms with Gasteiger partial charge in [-0.1, -0.05) is 23.4 Å². The molecule has 0 aliphatic heterocycles. The second kappa shape index (κ2) is 7.23. The molecule has 0 saturated heterocycles. The predicted molar refractivity (Wildman–Crippen MR) is 77.8 cm³/mol. The minimum atomic E-state index is -0.0731. The number of methoxy groups -OCH3 is 1. The van der Waals surface area contributed by atoms with Crippen LogP contribution < -0.4 is 10.1 Å². The molecule has 0 bridgehead atoms. The van der Waals surface area contributed by atoms with Crippen molar-refractivity contribution >= 4 is 5.91 Å². The van der Waals surface area contributed by atoms with Gasteiger partial charge >= 0.3 is 0 Å². The van der Waals surface area contributed by atoms with Gasteiger partial charge in [-0.15, -0.1) is 6.58 Å². The monoisotopic (exact) mass is 287 g/mol. The van der Waals surface area contributed by atoms with Crippen molar-refractivity contribution in [2.75, 3.05) is 13.7 Å². The summed E-state index contributed by atoms with van der Waals surface area (Å²) in [6, 6.07) is 7.39. The Balaban J connectivity index is 1.97. The van der Waals surface area contributed by atoms with E-state index in [0.29, 0.717) is 31.1 Å². The molecule has 0 atom stereocenters. The molecule has 0 fully saturated rings. The Morgan fingerprint density at radius 3 is 3.14 bits per heavy atom. The van der Waals surface area contributed by atoms with Crippen LogP contribution in [0.2, 0.25) is 0 Å². The second-order valence-corrected chi connectivity index (χ2v) is 4.34. The lowest BCUT2D eigenvalue weighted by Crippen LogP contribution is -2.23. The van der Waals surface area contributed by atoms with Crippen molar-refractivity contribution in [3.63, 3.8) is 0 Å². The van der Waals surface area contributed by atoms with E-state index in [-0.39, 0.29) is 5.91 Å². The fourth-order valence-corrected chi connectivity index (χ4v) is 1.73. The number of carbonyl (C=O) groups excluding carboxylic acids is 1. The van der Waals surface area contributed by atoms with Gasteiger partial charge in [0.25, 0.3) is 0 Å². The highest BCUT2D eigenvalue weighted by Gasteiger charge is 2.10. The van der Waals surface area contributed by atoms with E-state index in [1.54, 1.807) is 13.2 Å². The quantitative estimate of drug-likeness (QED) is 0.788. The molecular weight excluding hydrogens is 270 g/mol. The van der Waals surface area contributed by atoms with Gasteiger partial charge in [-0.3, -0.25) is 4.79 Å². The van der Waals surface area contributed by atoms with Crippen molar-refractivity contribution < 1.29 is 14.1 Å². The third-order valence-corrected chi connectivity index (χ3v) is 2.81. The van der Waals surface area contributed by atoms with Crippen molar-refractivity contribution in [2.45, 2.75) is 12.8 Å². The van der Waals surface area contributed by atoms with Crippen molar-refractivity contribution in [1.29, 1.82) is 0 Å². The number of ether oxygens (including phenoxy) is 1. The summed E-state index contributed by atoms with van der Waals surface area (Å²) in [5.41, 5.74) is 0.806. The van der Waals surface area contributed by atoms with E-state index in [2.05, 4.69) is 22.0 Å². The molecule has 0 unspecified atom stereocenters. The van der Waals surface area contributed by atoms with E-state index in [1.807, 2.05) is 24.3 Å². The molecule has 1 aromatic heterocycles. The standard InChI is InChI=1S/C15H17N3O3/c1-3-9-16-13(19)7-8-14-17-15(18-21-14)11-5-4-6-12(10-11)20-2/h3-6,10H,1,7-9H2,2H3,(H,16,19). The summed E-state index contributed by atoms with van der Waals surface area (Å²) in [6.45, 7) is 3.99. The third-order valence-electron chi connectivity index (χ3n) is 2.81. The number of hydrogen-bond acceptors (Lipinski definition) is 5. The van der Waals surface area contributed by atoms with Gasteiger partial charge in [-0.05, 0) is 12.1 Å². The van der Waals surface area contributed by atoms with Gasteiger partial charge in [0.2, 0.25) is 17.6 Å². The average molecular weight is 287 g/mol. The number of benzene rings is 1. The summed E-state index contributed by atoms with van der Waals surface area (Å²) in [6.07, 6.45) is 2.33.